The van der Waals surface area contributed by atoms with Crippen molar-refractivity contribution in [2.24, 2.45) is 0 Å². The largest absolute Gasteiger partial charge is 0.534 e. The Labute approximate surface area is 287 Å². The van der Waals surface area contributed by atoms with Crippen LogP contribution in [-0.2, 0) is 30.0 Å². The highest BCUT2D eigenvalue weighted by molar-refractivity contribution is 7.88. The van der Waals surface area contributed by atoms with Gasteiger partial charge in [0, 0.05) is 40.9 Å². The van der Waals surface area contributed by atoms with Crippen molar-refractivity contribution < 1.29 is 53.6 Å². The fraction of sp³-hybridized carbons (Fsp3) is 0.429. The monoisotopic (exact) mass is 737 g/mol. The van der Waals surface area contributed by atoms with E-state index in [1.165, 1.54) is 6.07 Å². The van der Waals surface area contributed by atoms with Gasteiger partial charge in [0.15, 0.2) is 17.2 Å². The van der Waals surface area contributed by atoms with Crippen LogP contribution in [0.25, 0.3) is 0 Å². The van der Waals surface area contributed by atoms with Crippen molar-refractivity contribution in [1.82, 2.24) is 0 Å². The molecular formula is C35H36F5NO7SSi. The third kappa shape index (κ3) is 5.30. The van der Waals surface area contributed by atoms with Crippen molar-refractivity contribution in [3.05, 3.63) is 81.9 Å². The van der Waals surface area contributed by atoms with Crippen molar-refractivity contribution in [3.8, 4) is 5.75 Å². The molecule has 0 bridgehead atoms. The van der Waals surface area contributed by atoms with Gasteiger partial charge in [-0.15, -0.1) is 0 Å². The van der Waals surface area contributed by atoms with Gasteiger partial charge < -0.3 is 18.6 Å². The average Bonchev–Trinajstić information content (AvgIpc) is 3.31. The molecule has 0 amide bonds. The van der Waals surface area contributed by atoms with E-state index in [0.29, 0.717) is 30.1 Å². The Morgan fingerprint density at radius 3 is 2.42 bits per heavy atom. The number of rotatable bonds is 7. The van der Waals surface area contributed by atoms with E-state index in [1.54, 1.807) is 38.2 Å². The van der Waals surface area contributed by atoms with Crippen LogP contribution in [0, 0.1) is 11.6 Å². The lowest BCUT2D eigenvalue weighted by molar-refractivity contribution is -0.143. The molecule has 0 fully saturated rings. The van der Waals surface area contributed by atoms with E-state index in [2.05, 4.69) is 22.9 Å². The van der Waals surface area contributed by atoms with Gasteiger partial charge in [0.1, 0.15) is 8.07 Å². The molecule has 1 spiro atoms. The van der Waals surface area contributed by atoms with Gasteiger partial charge in [0.25, 0.3) is 0 Å². The molecule has 15 heteroatoms. The number of carbonyl (C=O) groups is 2. The second kappa shape index (κ2) is 11.8. The lowest BCUT2D eigenvalue weighted by Gasteiger charge is -2.50. The molecule has 3 heterocycles. The van der Waals surface area contributed by atoms with Gasteiger partial charge in [-0.2, -0.15) is 21.6 Å². The van der Waals surface area contributed by atoms with Crippen LogP contribution >= 0.6 is 0 Å². The Bertz CT molecular complexity index is 2050. The molecule has 0 aliphatic carbocycles. The summed E-state index contributed by atoms with van der Waals surface area (Å²) in [5.74, 6) is -6.17. The van der Waals surface area contributed by atoms with E-state index < -0.39 is 58.2 Å². The highest BCUT2D eigenvalue weighted by Gasteiger charge is 2.59. The Morgan fingerprint density at radius 2 is 1.76 bits per heavy atom. The number of hydrogen-bond acceptors (Lipinski definition) is 8. The van der Waals surface area contributed by atoms with Gasteiger partial charge in [-0.3, -0.25) is 4.79 Å². The minimum absolute atomic E-state index is 0.0287. The number of carbonyl (C=O) groups excluding carboxylic acids is 2. The minimum atomic E-state index is -6.45. The van der Waals surface area contributed by atoms with Gasteiger partial charge in [-0.05, 0) is 79.7 Å². The maximum atomic E-state index is 16.8. The first-order chi connectivity index (χ1) is 23.2. The minimum Gasteiger partial charge on any atom is -0.466 e. The predicted octanol–water partition coefficient (Wildman–Crippen LogP) is 6.23. The first kappa shape index (κ1) is 35.8. The number of hydrogen-bond donors (Lipinski definition) is 0. The van der Waals surface area contributed by atoms with Crippen molar-refractivity contribution in [3.63, 3.8) is 0 Å². The summed E-state index contributed by atoms with van der Waals surface area (Å²) in [7, 11) is -9.95. The number of esters is 2. The molecule has 0 radical (unpaired) electrons. The summed E-state index contributed by atoms with van der Waals surface area (Å²) in [5, 5.41) is 0.281. The van der Waals surface area contributed by atoms with Gasteiger partial charge in [0.2, 0.25) is 5.75 Å². The average molecular weight is 738 g/mol. The zero-order valence-electron chi connectivity index (χ0n) is 28.3. The molecule has 6 rings (SSSR count). The Kier molecular flexibility index (Phi) is 8.45. The van der Waals surface area contributed by atoms with Crippen molar-refractivity contribution in [2.45, 2.75) is 82.6 Å². The summed E-state index contributed by atoms with van der Waals surface area (Å²) in [6.07, 6.45) is 1.35. The molecule has 3 aliphatic heterocycles. The standard InChI is InChI=1S/C35H36F5NO7SSi/c1-7-46-28(42)13-10-14-41-26-17-27-23(15-21(26)19(2)18-33(41,3)4)34(22-12-9-8-11-20(22)32(43)47-34)24-16-25(36)30(29(37)31(24)50(27,5)6)48-49(44,45)35(38,39)40/h8-9,11-12,15-17,19H,7,10,13-14,18H2,1-6H3. The van der Waals surface area contributed by atoms with Crippen LogP contribution in [0.4, 0.5) is 27.6 Å². The molecule has 0 saturated carbocycles. The number of anilines is 1. The summed E-state index contributed by atoms with van der Waals surface area (Å²) in [6, 6.07) is 10.8. The molecule has 268 valence electrons. The van der Waals surface area contributed by atoms with E-state index in [0.717, 1.165) is 17.3 Å². The molecule has 2 atom stereocenters. The number of halogens is 5. The van der Waals surface area contributed by atoms with Gasteiger partial charge >= 0.3 is 27.6 Å². The third-order valence-electron chi connectivity index (χ3n) is 10.1. The van der Waals surface area contributed by atoms with Crippen LogP contribution in [0.15, 0.2) is 42.5 Å². The highest BCUT2D eigenvalue weighted by Crippen LogP contribution is 2.53. The Morgan fingerprint density at radius 1 is 1.08 bits per heavy atom. The first-order valence-electron chi connectivity index (χ1n) is 16.2. The smallest absolute Gasteiger partial charge is 0.466 e. The number of benzene rings is 3. The van der Waals surface area contributed by atoms with Crippen molar-refractivity contribution in [1.29, 1.82) is 0 Å². The number of alkyl halides is 3. The van der Waals surface area contributed by atoms with Gasteiger partial charge in [-0.1, -0.05) is 38.2 Å². The van der Waals surface area contributed by atoms with Crippen LogP contribution in [0.5, 0.6) is 5.75 Å². The van der Waals surface area contributed by atoms with Gasteiger partial charge in [0.05, 0.1) is 12.2 Å². The quantitative estimate of drug-likeness (QED) is 0.0927. The molecule has 8 nitrogen and oxygen atoms in total. The second-order valence-corrected chi connectivity index (χ2v) is 19.9. The van der Waals surface area contributed by atoms with E-state index in [9.17, 15) is 31.2 Å². The van der Waals surface area contributed by atoms with Crippen molar-refractivity contribution >= 4 is 46.2 Å². The zero-order valence-corrected chi connectivity index (χ0v) is 30.1. The molecule has 0 N–H and O–H groups in total. The molecule has 50 heavy (non-hydrogen) atoms. The fourth-order valence-electron chi connectivity index (χ4n) is 8.00. The Balaban J connectivity index is 1.64. The molecular weight excluding hydrogens is 702 g/mol. The van der Waals surface area contributed by atoms with E-state index in [4.69, 9.17) is 9.47 Å². The number of ether oxygens (including phenoxy) is 2. The lowest BCUT2D eigenvalue weighted by atomic mass is 9.75. The molecule has 0 aromatic heterocycles. The maximum absolute atomic E-state index is 16.8. The first-order valence-corrected chi connectivity index (χ1v) is 20.6. The van der Waals surface area contributed by atoms with Crippen molar-refractivity contribution in [2.75, 3.05) is 18.1 Å². The normalized spacial score (nSPS) is 21.5. The summed E-state index contributed by atoms with van der Waals surface area (Å²) in [4.78, 5) is 27.8. The van der Waals surface area contributed by atoms with Crippen LogP contribution < -0.4 is 19.5 Å². The van der Waals surface area contributed by atoms with Crippen LogP contribution in [0.2, 0.25) is 13.1 Å². The van der Waals surface area contributed by atoms with Gasteiger partial charge in [-0.25, -0.2) is 13.6 Å². The molecule has 3 aromatic rings. The highest BCUT2D eigenvalue weighted by atomic mass is 32.2. The third-order valence-corrected chi connectivity index (χ3v) is 14.5. The van der Waals surface area contributed by atoms with Crippen LogP contribution in [0.3, 0.4) is 0 Å². The zero-order chi connectivity index (χ0) is 36.8. The molecule has 3 aromatic carbocycles. The summed E-state index contributed by atoms with van der Waals surface area (Å²) in [5.41, 5.74) is -5.88. The summed E-state index contributed by atoms with van der Waals surface area (Å²) >= 11 is 0. The summed E-state index contributed by atoms with van der Waals surface area (Å²) in [6.45, 7) is 12.0. The molecule has 2 unspecified atom stereocenters. The van der Waals surface area contributed by atoms with E-state index in [1.807, 2.05) is 19.1 Å². The second-order valence-electron chi connectivity index (χ2n) is 14.1. The maximum Gasteiger partial charge on any atom is 0.534 e. The van der Waals surface area contributed by atoms with E-state index >= 15 is 8.78 Å². The Hall–Kier alpha value is -3.98. The van der Waals surface area contributed by atoms with Crippen LogP contribution in [-0.4, -0.2) is 52.6 Å². The number of nitrogens with zero attached hydrogens (tertiary/aromatic N) is 1. The SMILES string of the molecule is CCOC(=O)CCCN1c2cc3c(cc2C(C)CC1(C)C)C1(OC(=O)c2ccccc21)c1cc(F)c(OS(=O)(=O)C(F)(F)F)c(F)c1[Si]3(C)C. The molecule has 0 saturated heterocycles. The summed E-state index contributed by atoms with van der Waals surface area (Å²) < 4.78 is 112. The van der Waals surface area contributed by atoms with Crippen LogP contribution in [0.1, 0.15) is 85.5 Å². The number of fused-ring (bicyclic) bond motifs is 7. The molecule has 3 aliphatic rings. The predicted molar refractivity (Wildman–Crippen MR) is 177 cm³/mol. The van der Waals surface area contributed by atoms with E-state index in [-0.39, 0.29) is 46.8 Å². The lowest BCUT2D eigenvalue weighted by Crippen LogP contribution is -2.65. The topological polar surface area (TPSA) is 99.2 Å². The fourth-order valence-corrected chi connectivity index (χ4v) is 11.7.